The minimum absolute atomic E-state index is 0.0288. The molecule has 0 rings (SSSR count). The average molecular weight is 285 g/mol. The number of nitrogens with one attached hydrogen (secondary N) is 1. The molecule has 0 aliphatic rings. The quantitative estimate of drug-likeness (QED) is 0.752. The molecular formula is C15H27NO4. The van der Waals surface area contributed by atoms with Gasteiger partial charge in [0, 0.05) is 11.8 Å². The van der Waals surface area contributed by atoms with Gasteiger partial charge in [0.05, 0.1) is 0 Å². The SMILES string of the molecule is CC(=O)CC[C@@H](NC(=O)C(C)(C)CC(C)(C)C)C(=O)O. The highest BCUT2D eigenvalue weighted by Gasteiger charge is 2.34. The molecule has 20 heavy (non-hydrogen) atoms. The van der Waals surface area contributed by atoms with E-state index < -0.39 is 17.4 Å². The second-order valence-electron chi connectivity index (χ2n) is 7.23. The lowest BCUT2D eigenvalue weighted by atomic mass is 9.75. The fourth-order valence-corrected chi connectivity index (χ4v) is 2.36. The number of carboxylic acids is 1. The monoisotopic (exact) mass is 285 g/mol. The van der Waals surface area contributed by atoms with Gasteiger partial charge in [-0.15, -0.1) is 0 Å². The standard InChI is InChI=1S/C15H27NO4/c1-10(17)7-8-11(12(18)19)16-13(20)15(5,6)9-14(2,3)4/h11H,7-9H2,1-6H3,(H,16,20)(H,18,19)/t11-/m1/s1. The zero-order chi connectivity index (χ0) is 16.1. The van der Waals surface area contributed by atoms with E-state index in [0.29, 0.717) is 6.42 Å². The van der Waals surface area contributed by atoms with Crippen molar-refractivity contribution in [3.63, 3.8) is 0 Å². The molecule has 0 fully saturated rings. The van der Waals surface area contributed by atoms with Crippen molar-refractivity contribution in [3.05, 3.63) is 0 Å². The number of hydrogen-bond donors (Lipinski definition) is 2. The van der Waals surface area contributed by atoms with Gasteiger partial charge in [-0.3, -0.25) is 4.79 Å². The van der Waals surface area contributed by atoms with Crippen LogP contribution in [0.5, 0.6) is 0 Å². The van der Waals surface area contributed by atoms with Crippen LogP contribution >= 0.6 is 0 Å². The van der Waals surface area contributed by atoms with Crippen molar-refractivity contribution >= 4 is 17.7 Å². The molecule has 0 aliphatic carbocycles. The second-order valence-corrected chi connectivity index (χ2v) is 7.23. The molecule has 0 spiro atoms. The highest BCUT2D eigenvalue weighted by molar-refractivity contribution is 5.87. The lowest BCUT2D eigenvalue weighted by Crippen LogP contribution is -2.47. The van der Waals surface area contributed by atoms with Crippen LogP contribution < -0.4 is 5.32 Å². The van der Waals surface area contributed by atoms with Gasteiger partial charge in [-0.1, -0.05) is 34.6 Å². The number of carbonyl (C=O) groups is 3. The van der Waals surface area contributed by atoms with Crippen molar-refractivity contribution in [2.45, 2.75) is 66.8 Å². The van der Waals surface area contributed by atoms with E-state index in [0.717, 1.165) is 0 Å². The van der Waals surface area contributed by atoms with Crippen molar-refractivity contribution in [1.29, 1.82) is 0 Å². The first-order chi connectivity index (χ1) is 8.85. The fourth-order valence-electron chi connectivity index (χ4n) is 2.36. The van der Waals surface area contributed by atoms with Crippen LogP contribution in [0.4, 0.5) is 0 Å². The van der Waals surface area contributed by atoms with Crippen molar-refractivity contribution < 1.29 is 19.5 Å². The van der Waals surface area contributed by atoms with Gasteiger partial charge in [0.25, 0.3) is 0 Å². The lowest BCUT2D eigenvalue weighted by Gasteiger charge is -2.32. The molecule has 0 aromatic carbocycles. The van der Waals surface area contributed by atoms with Gasteiger partial charge in [-0.25, -0.2) is 4.79 Å². The summed E-state index contributed by atoms with van der Waals surface area (Å²) in [5.74, 6) is -1.48. The minimum atomic E-state index is -1.11. The predicted molar refractivity (Wildman–Crippen MR) is 77.3 cm³/mol. The van der Waals surface area contributed by atoms with Gasteiger partial charge in [-0.05, 0) is 25.2 Å². The van der Waals surface area contributed by atoms with Gasteiger partial charge in [0.1, 0.15) is 11.8 Å². The molecule has 0 aliphatic heterocycles. The maximum atomic E-state index is 12.2. The summed E-state index contributed by atoms with van der Waals surface area (Å²) in [4.78, 5) is 34.3. The van der Waals surface area contributed by atoms with E-state index >= 15 is 0 Å². The summed E-state index contributed by atoms with van der Waals surface area (Å²) in [5, 5.41) is 11.7. The van der Waals surface area contributed by atoms with E-state index in [2.05, 4.69) is 5.32 Å². The molecule has 116 valence electrons. The molecule has 0 unspecified atom stereocenters. The smallest absolute Gasteiger partial charge is 0.326 e. The van der Waals surface area contributed by atoms with Crippen LogP contribution in [-0.4, -0.2) is 28.8 Å². The molecule has 0 heterocycles. The number of aliphatic carboxylic acids is 1. The van der Waals surface area contributed by atoms with Crippen LogP contribution in [0, 0.1) is 10.8 Å². The first-order valence-corrected chi connectivity index (χ1v) is 6.88. The Balaban J connectivity index is 4.74. The van der Waals surface area contributed by atoms with E-state index in [1.54, 1.807) is 13.8 Å². The Kier molecular flexibility index (Phi) is 6.38. The van der Waals surface area contributed by atoms with E-state index in [4.69, 9.17) is 5.11 Å². The molecule has 2 N–H and O–H groups in total. The number of ketones is 1. The molecule has 0 aromatic rings. The minimum Gasteiger partial charge on any atom is -0.480 e. The number of carbonyl (C=O) groups excluding carboxylic acids is 2. The highest BCUT2D eigenvalue weighted by atomic mass is 16.4. The Morgan fingerprint density at radius 2 is 1.60 bits per heavy atom. The molecule has 1 atom stereocenters. The maximum Gasteiger partial charge on any atom is 0.326 e. The number of hydrogen-bond acceptors (Lipinski definition) is 3. The largest absolute Gasteiger partial charge is 0.480 e. The molecule has 5 heteroatoms. The molecule has 0 saturated heterocycles. The van der Waals surface area contributed by atoms with Crippen LogP contribution in [-0.2, 0) is 14.4 Å². The van der Waals surface area contributed by atoms with E-state index in [1.807, 2.05) is 20.8 Å². The molecule has 0 saturated carbocycles. The normalized spacial score (nSPS) is 13.7. The van der Waals surface area contributed by atoms with Crippen LogP contribution in [0.25, 0.3) is 0 Å². The Morgan fingerprint density at radius 3 is 1.95 bits per heavy atom. The van der Waals surface area contributed by atoms with Gasteiger partial charge >= 0.3 is 5.97 Å². The summed E-state index contributed by atoms with van der Waals surface area (Å²) in [6, 6.07) is -1.01. The van der Waals surface area contributed by atoms with Gasteiger partial charge in [0.2, 0.25) is 5.91 Å². The zero-order valence-electron chi connectivity index (χ0n) is 13.4. The number of amides is 1. The van der Waals surface area contributed by atoms with Crippen LogP contribution in [0.3, 0.4) is 0 Å². The lowest BCUT2D eigenvalue weighted by molar-refractivity contribution is -0.144. The summed E-state index contributed by atoms with van der Waals surface area (Å²) in [7, 11) is 0. The van der Waals surface area contributed by atoms with E-state index in [-0.39, 0.29) is 29.9 Å². The zero-order valence-corrected chi connectivity index (χ0v) is 13.4. The first-order valence-electron chi connectivity index (χ1n) is 6.88. The number of rotatable bonds is 7. The third-order valence-corrected chi connectivity index (χ3v) is 2.98. The van der Waals surface area contributed by atoms with Gasteiger partial charge in [0.15, 0.2) is 0 Å². The Labute approximate surface area is 121 Å². The van der Waals surface area contributed by atoms with E-state index in [1.165, 1.54) is 6.92 Å². The summed E-state index contributed by atoms with van der Waals surface area (Å²) in [6.07, 6.45) is 0.920. The van der Waals surface area contributed by atoms with Gasteiger partial charge < -0.3 is 15.2 Å². The summed E-state index contributed by atoms with van der Waals surface area (Å²) >= 11 is 0. The highest BCUT2D eigenvalue weighted by Crippen LogP contribution is 2.33. The van der Waals surface area contributed by atoms with E-state index in [9.17, 15) is 14.4 Å². The van der Waals surface area contributed by atoms with Crippen LogP contribution in [0.2, 0.25) is 0 Å². The van der Waals surface area contributed by atoms with Crippen molar-refractivity contribution in [1.82, 2.24) is 5.32 Å². The van der Waals surface area contributed by atoms with Gasteiger partial charge in [-0.2, -0.15) is 0 Å². The molecule has 0 bridgehead atoms. The summed E-state index contributed by atoms with van der Waals surface area (Å²) < 4.78 is 0. The number of carboxylic acid groups (broad SMARTS) is 1. The van der Waals surface area contributed by atoms with Crippen molar-refractivity contribution in [2.75, 3.05) is 0 Å². The maximum absolute atomic E-state index is 12.2. The van der Waals surface area contributed by atoms with Crippen LogP contribution in [0.1, 0.15) is 60.8 Å². The predicted octanol–water partition coefficient (Wildman–Crippen LogP) is 2.39. The summed E-state index contributed by atoms with van der Waals surface area (Å²) in [5.41, 5.74) is -0.679. The summed E-state index contributed by atoms with van der Waals surface area (Å²) in [6.45, 7) is 11.1. The van der Waals surface area contributed by atoms with Crippen molar-refractivity contribution in [2.24, 2.45) is 10.8 Å². The third-order valence-electron chi connectivity index (χ3n) is 2.98. The molecule has 1 amide bonds. The molecule has 0 radical (unpaired) electrons. The molecular weight excluding hydrogens is 258 g/mol. The average Bonchev–Trinajstić information content (AvgIpc) is 2.19. The van der Waals surface area contributed by atoms with Crippen LogP contribution in [0.15, 0.2) is 0 Å². The first kappa shape index (κ1) is 18.6. The fraction of sp³-hybridized carbons (Fsp3) is 0.800. The topological polar surface area (TPSA) is 83.5 Å². The Hall–Kier alpha value is -1.39. The second kappa shape index (κ2) is 6.86. The Bertz CT molecular complexity index is 380. The molecule has 0 aromatic heterocycles. The third kappa shape index (κ3) is 7.26. The number of Topliss-reactive ketones (excluding diaryl/α,β-unsaturated/α-hetero) is 1. The molecule has 5 nitrogen and oxygen atoms in total. The Morgan fingerprint density at radius 1 is 1.10 bits per heavy atom. The van der Waals surface area contributed by atoms with Crippen molar-refractivity contribution in [3.8, 4) is 0 Å².